The largest absolute Gasteiger partial charge is 0.481 e. The normalized spacial score (nSPS) is 38.9. The third-order valence-electron chi connectivity index (χ3n) is 12.3. The second kappa shape index (κ2) is 12.9. The van der Waals surface area contributed by atoms with Crippen molar-refractivity contribution in [2.24, 2.45) is 46.3 Å². The maximum absolute atomic E-state index is 12.5. The summed E-state index contributed by atoms with van der Waals surface area (Å²) in [5.74, 6) is 3.63. The minimum absolute atomic E-state index is 0.0778. The number of carboxylic acids is 1. The molecule has 0 aromatic carbocycles. The molecule has 0 aromatic rings. The number of ether oxygens (including phenoxy) is 1. The van der Waals surface area contributed by atoms with E-state index in [4.69, 9.17) is 4.74 Å². The molecule has 4 rings (SSSR count). The van der Waals surface area contributed by atoms with E-state index in [0.29, 0.717) is 35.0 Å². The molecule has 4 saturated carbocycles. The highest BCUT2D eigenvalue weighted by atomic mass is 16.6. The van der Waals surface area contributed by atoms with Gasteiger partial charge in [-0.15, -0.1) is 0 Å². The molecule has 4 fully saturated rings. The smallest absolute Gasteiger partial charge is 0.407 e. The molecule has 0 unspecified atom stereocenters. The molecule has 9 atom stereocenters. The van der Waals surface area contributed by atoms with Crippen LogP contribution in [0.1, 0.15) is 137 Å². The molecule has 0 aromatic heterocycles. The number of hydrogen-bond acceptors (Lipinski definition) is 3. The van der Waals surface area contributed by atoms with E-state index in [1.807, 2.05) is 0 Å². The molecular weight excluding hydrogens is 474 g/mol. The fourth-order valence-electron chi connectivity index (χ4n) is 10.1. The molecule has 4 aliphatic carbocycles. The van der Waals surface area contributed by atoms with Gasteiger partial charge in [-0.2, -0.15) is 0 Å². The summed E-state index contributed by atoms with van der Waals surface area (Å²) in [6.45, 7) is 10.4. The highest BCUT2D eigenvalue weighted by Gasteiger charge is 2.60. The van der Waals surface area contributed by atoms with Crippen LogP contribution in [-0.2, 0) is 9.53 Å². The van der Waals surface area contributed by atoms with Crippen LogP contribution in [0.25, 0.3) is 0 Å². The van der Waals surface area contributed by atoms with Crippen LogP contribution < -0.4 is 5.32 Å². The third kappa shape index (κ3) is 6.38. The lowest BCUT2D eigenvalue weighted by molar-refractivity contribution is -0.138. The minimum atomic E-state index is -0.652. The Labute approximate surface area is 232 Å². The summed E-state index contributed by atoms with van der Waals surface area (Å²) in [4.78, 5) is 23.7. The Morgan fingerprint density at radius 3 is 2.39 bits per heavy atom. The molecule has 2 N–H and O–H groups in total. The van der Waals surface area contributed by atoms with Gasteiger partial charge in [-0.3, -0.25) is 4.79 Å². The lowest BCUT2D eigenvalue weighted by atomic mass is 9.44. The lowest BCUT2D eigenvalue weighted by Gasteiger charge is -2.61. The monoisotopic (exact) mass is 531 g/mol. The zero-order valence-corrected chi connectivity index (χ0v) is 24.9. The number of hydrogen-bond donors (Lipinski definition) is 2. The van der Waals surface area contributed by atoms with Crippen LogP contribution >= 0.6 is 0 Å². The molecule has 218 valence electrons. The first-order valence-electron chi connectivity index (χ1n) is 16.3. The predicted octanol–water partition coefficient (Wildman–Crippen LogP) is 8.60. The van der Waals surface area contributed by atoms with Gasteiger partial charge in [0.1, 0.15) is 6.10 Å². The quantitative estimate of drug-likeness (QED) is 0.247. The van der Waals surface area contributed by atoms with E-state index < -0.39 is 5.97 Å². The zero-order chi connectivity index (χ0) is 27.3. The fourth-order valence-corrected chi connectivity index (χ4v) is 10.1. The van der Waals surface area contributed by atoms with Crippen LogP contribution in [0.2, 0.25) is 0 Å². The van der Waals surface area contributed by atoms with Crippen LogP contribution in [0.5, 0.6) is 0 Å². The zero-order valence-electron chi connectivity index (χ0n) is 24.9. The number of carbonyl (C=O) groups excluding carboxylic acids is 1. The van der Waals surface area contributed by atoms with E-state index in [1.54, 1.807) is 0 Å². The Hall–Kier alpha value is -1.26. The second-order valence-electron chi connectivity index (χ2n) is 14.3. The first-order valence-corrected chi connectivity index (χ1v) is 16.3. The average molecular weight is 532 g/mol. The summed E-state index contributed by atoms with van der Waals surface area (Å²) in [7, 11) is 0. The molecule has 5 heteroatoms. The Morgan fingerprint density at radius 2 is 1.63 bits per heavy atom. The van der Waals surface area contributed by atoms with E-state index in [1.165, 1.54) is 77.0 Å². The minimum Gasteiger partial charge on any atom is -0.481 e. The average Bonchev–Trinajstić information content (AvgIpc) is 3.24. The number of unbranched alkanes of at least 4 members (excludes halogenated alkanes) is 5. The lowest BCUT2D eigenvalue weighted by Crippen LogP contribution is -2.54. The number of fused-ring (bicyclic) bond motifs is 5. The summed E-state index contributed by atoms with van der Waals surface area (Å²) in [6, 6.07) is 0. The topological polar surface area (TPSA) is 75.6 Å². The van der Waals surface area contributed by atoms with Crippen molar-refractivity contribution in [3.05, 3.63) is 0 Å². The van der Waals surface area contributed by atoms with Crippen molar-refractivity contribution >= 4 is 12.1 Å². The van der Waals surface area contributed by atoms with Gasteiger partial charge in [-0.1, -0.05) is 59.8 Å². The van der Waals surface area contributed by atoms with Gasteiger partial charge in [0.15, 0.2) is 0 Å². The summed E-state index contributed by atoms with van der Waals surface area (Å²) >= 11 is 0. The van der Waals surface area contributed by atoms with Crippen LogP contribution in [0.4, 0.5) is 4.79 Å². The van der Waals surface area contributed by atoms with Crippen LogP contribution in [0.15, 0.2) is 0 Å². The summed E-state index contributed by atoms with van der Waals surface area (Å²) in [6.07, 6.45) is 19.5. The van der Waals surface area contributed by atoms with Crippen LogP contribution in [0, 0.1) is 46.3 Å². The molecule has 0 spiro atoms. The third-order valence-corrected chi connectivity index (χ3v) is 12.3. The van der Waals surface area contributed by atoms with Crippen molar-refractivity contribution in [3.8, 4) is 0 Å². The Balaban J connectivity index is 1.27. The summed E-state index contributed by atoms with van der Waals surface area (Å²) < 4.78 is 5.94. The summed E-state index contributed by atoms with van der Waals surface area (Å²) in [5, 5.41) is 12.2. The van der Waals surface area contributed by atoms with Crippen LogP contribution in [0.3, 0.4) is 0 Å². The number of amides is 1. The van der Waals surface area contributed by atoms with E-state index in [-0.39, 0.29) is 12.2 Å². The van der Waals surface area contributed by atoms with Gasteiger partial charge in [-0.25, -0.2) is 4.79 Å². The van der Waals surface area contributed by atoms with E-state index >= 15 is 0 Å². The molecule has 0 heterocycles. The fraction of sp³-hybridized carbons (Fsp3) is 0.939. The number of alkyl carbamates (subject to hydrolysis) is 1. The molecule has 5 nitrogen and oxygen atoms in total. The summed E-state index contributed by atoms with van der Waals surface area (Å²) in [5.41, 5.74) is 0.767. The molecule has 0 saturated heterocycles. The van der Waals surface area contributed by atoms with E-state index in [9.17, 15) is 14.7 Å². The molecule has 0 aliphatic heterocycles. The maximum atomic E-state index is 12.5. The SMILES string of the molecule is CCCCCCCCNC(=O)O[C@@H]1CC[C@@]2(C)[C@H](CC[C@@H]3[C@@H]2CC[C@]2(C)[C@@H]([C@H](C)CCC(=O)O)CC[C@@H]32)C1. The number of rotatable bonds is 12. The standard InChI is InChI=1S/C33H57NO4/c1-5-6-7-8-9-10-21-34-31(37)38-25-17-19-32(3)24(22-25)12-13-26-28-15-14-27(23(2)11-16-30(35)36)33(28,4)20-18-29(26)32/h23-29H,5-22H2,1-4H3,(H,34,37)(H,35,36)/t23-,24-,25-,26+,27-,28+,29+,32+,33-/m1/s1. The second-order valence-corrected chi connectivity index (χ2v) is 14.3. The van der Waals surface area contributed by atoms with Crippen molar-refractivity contribution in [1.82, 2.24) is 5.32 Å². The Kier molecular flexibility index (Phi) is 10.1. The molecule has 0 radical (unpaired) electrons. The molecular formula is C33H57NO4. The van der Waals surface area contributed by atoms with Crippen molar-refractivity contribution < 1.29 is 19.4 Å². The van der Waals surface area contributed by atoms with E-state index in [2.05, 4.69) is 33.0 Å². The molecule has 1 amide bonds. The van der Waals surface area contributed by atoms with Crippen molar-refractivity contribution in [1.29, 1.82) is 0 Å². The number of carbonyl (C=O) groups is 2. The Morgan fingerprint density at radius 1 is 0.921 bits per heavy atom. The Bertz CT molecular complexity index is 800. The van der Waals surface area contributed by atoms with E-state index in [0.717, 1.165) is 50.0 Å². The first-order chi connectivity index (χ1) is 18.2. The van der Waals surface area contributed by atoms with Gasteiger partial charge in [0.25, 0.3) is 0 Å². The van der Waals surface area contributed by atoms with Gasteiger partial charge in [-0.05, 0) is 117 Å². The number of nitrogens with one attached hydrogen (secondary N) is 1. The van der Waals surface area contributed by atoms with Crippen molar-refractivity contribution in [2.75, 3.05) is 6.54 Å². The number of carboxylic acid groups (broad SMARTS) is 1. The number of aliphatic carboxylic acids is 1. The van der Waals surface area contributed by atoms with Gasteiger partial charge in [0.05, 0.1) is 0 Å². The molecule has 0 bridgehead atoms. The highest BCUT2D eigenvalue weighted by Crippen LogP contribution is 2.68. The van der Waals surface area contributed by atoms with Gasteiger partial charge in [0.2, 0.25) is 0 Å². The van der Waals surface area contributed by atoms with Crippen molar-refractivity contribution in [3.63, 3.8) is 0 Å². The maximum Gasteiger partial charge on any atom is 0.407 e. The molecule has 38 heavy (non-hydrogen) atoms. The van der Waals surface area contributed by atoms with Gasteiger partial charge >= 0.3 is 12.1 Å². The molecule has 4 aliphatic rings. The van der Waals surface area contributed by atoms with Crippen molar-refractivity contribution in [2.45, 2.75) is 143 Å². The van der Waals surface area contributed by atoms with Crippen LogP contribution in [-0.4, -0.2) is 29.8 Å². The predicted molar refractivity (Wildman–Crippen MR) is 153 cm³/mol. The first kappa shape index (κ1) is 29.7. The van der Waals surface area contributed by atoms with Gasteiger partial charge in [0, 0.05) is 13.0 Å². The highest BCUT2D eigenvalue weighted by molar-refractivity contribution is 5.67. The van der Waals surface area contributed by atoms with Gasteiger partial charge < -0.3 is 15.2 Å².